The third-order valence-electron chi connectivity index (χ3n) is 3.99. The number of amides is 1. The Morgan fingerprint density at radius 3 is 1.95 bits per heavy atom. The Balaban J connectivity index is 3.10. The molecule has 4 heteroatoms. The van der Waals surface area contributed by atoms with Gasteiger partial charge in [-0.3, -0.25) is 4.79 Å². The molecule has 1 aromatic carbocycles. The van der Waals surface area contributed by atoms with E-state index in [1.54, 1.807) is 26.4 Å². The van der Waals surface area contributed by atoms with Crippen LogP contribution >= 0.6 is 0 Å². The third kappa shape index (κ3) is 3.44. The Hall–Kier alpha value is -1.71. The number of hydrogen-bond acceptors (Lipinski definition) is 3. The van der Waals surface area contributed by atoms with Crippen LogP contribution in [0.5, 0.6) is 11.5 Å². The summed E-state index contributed by atoms with van der Waals surface area (Å²) < 4.78 is 10.6. The average molecular weight is 279 g/mol. The molecule has 0 saturated carbocycles. The molecule has 0 aromatic heterocycles. The van der Waals surface area contributed by atoms with Gasteiger partial charge in [0.05, 0.1) is 14.2 Å². The lowest BCUT2D eigenvalue weighted by molar-refractivity contribution is 0.0900. The molecule has 1 amide bonds. The van der Waals surface area contributed by atoms with Crippen molar-refractivity contribution >= 4 is 5.91 Å². The van der Waals surface area contributed by atoms with E-state index in [0.29, 0.717) is 17.1 Å². The second kappa shape index (κ2) is 6.64. The highest BCUT2D eigenvalue weighted by Crippen LogP contribution is 2.29. The van der Waals surface area contributed by atoms with Gasteiger partial charge in [-0.05, 0) is 38.8 Å². The predicted octanol–water partition coefficient (Wildman–Crippen LogP) is 3.32. The number of carbonyl (C=O) groups excluding carboxylic acids is 1. The second-order valence-corrected chi connectivity index (χ2v) is 5.23. The Morgan fingerprint density at radius 2 is 1.60 bits per heavy atom. The molecule has 0 bridgehead atoms. The topological polar surface area (TPSA) is 47.6 Å². The number of carbonyl (C=O) groups is 1. The van der Waals surface area contributed by atoms with Crippen LogP contribution in [0.15, 0.2) is 12.1 Å². The molecular weight excluding hydrogens is 254 g/mol. The first-order valence-corrected chi connectivity index (χ1v) is 6.95. The molecule has 1 aromatic rings. The molecule has 0 atom stereocenters. The van der Waals surface area contributed by atoms with E-state index in [0.717, 1.165) is 18.4 Å². The van der Waals surface area contributed by atoms with Gasteiger partial charge < -0.3 is 14.8 Å². The largest absolute Gasteiger partial charge is 0.496 e. The minimum absolute atomic E-state index is 0.104. The van der Waals surface area contributed by atoms with Crippen LogP contribution in [0.3, 0.4) is 0 Å². The quantitative estimate of drug-likeness (QED) is 0.869. The number of rotatable bonds is 6. The van der Waals surface area contributed by atoms with Gasteiger partial charge in [0.1, 0.15) is 11.5 Å². The number of ether oxygens (including phenoxy) is 2. The first-order chi connectivity index (χ1) is 9.40. The minimum Gasteiger partial charge on any atom is -0.496 e. The fourth-order valence-corrected chi connectivity index (χ4v) is 1.99. The fourth-order valence-electron chi connectivity index (χ4n) is 1.99. The van der Waals surface area contributed by atoms with Gasteiger partial charge in [0.25, 0.3) is 5.91 Å². The highest BCUT2D eigenvalue weighted by Gasteiger charge is 2.23. The van der Waals surface area contributed by atoms with Crippen LogP contribution in [-0.4, -0.2) is 25.7 Å². The van der Waals surface area contributed by atoms with Gasteiger partial charge in [-0.1, -0.05) is 13.8 Å². The summed E-state index contributed by atoms with van der Waals surface area (Å²) in [5.41, 5.74) is 1.25. The average Bonchev–Trinajstić information content (AvgIpc) is 2.47. The van der Waals surface area contributed by atoms with Crippen molar-refractivity contribution in [1.82, 2.24) is 5.32 Å². The molecule has 112 valence electrons. The van der Waals surface area contributed by atoms with E-state index < -0.39 is 0 Å². The lowest BCUT2D eigenvalue weighted by Gasteiger charge is -2.28. The first-order valence-electron chi connectivity index (χ1n) is 6.95. The molecule has 0 fully saturated rings. The molecule has 0 aliphatic heterocycles. The summed E-state index contributed by atoms with van der Waals surface area (Å²) in [5.74, 6) is 1.21. The predicted molar refractivity (Wildman–Crippen MR) is 80.7 cm³/mol. The van der Waals surface area contributed by atoms with E-state index in [1.165, 1.54) is 0 Å². The molecule has 0 aliphatic carbocycles. The lowest BCUT2D eigenvalue weighted by atomic mass is 9.95. The Bertz CT molecular complexity index is 454. The normalized spacial score (nSPS) is 11.1. The maximum atomic E-state index is 12.4. The van der Waals surface area contributed by atoms with Crippen molar-refractivity contribution in [1.29, 1.82) is 0 Å². The molecule has 1 N–H and O–H groups in total. The zero-order chi connectivity index (χ0) is 15.3. The number of hydrogen-bond donors (Lipinski definition) is 1. The van der Waals surface area contributed by atoms with Gasteiger partial charge >= 0.3 is 0 Å². The summed E-state index contributed by atoms with van der Waals surface area (Å²) in [6.45, 7) is 8.09. The monoisotopic (exact) mass is 279 g/mol. The minimum atomic E-state index is -0.192. The van der Waals surface area contributed by atoms with Crippen molar-refractivity contribution in [2.45, 2.75) is 46.1 Å². The van der Waals surface area contributed by atoms with Crippen LogP contribution < -0.4 is 14.8 Å². The molecule has 20 heavy (non-hydrogen) atoms. The third-order valence-corrected chi connectivity index (χ3v) is 3.99. The van der Waals surface area contributed by atoms with Crippen LogP contribution in [0.2, 0.25) is 0 Å². The van der Waals surface area contributed by atoms with Gasteiger partial charge in [0.2, 0.25) is 0 Å². The first kappa shape index (κ1) is 16.3. The molecule has 1 rings (SSSR count). The Morgan fingerprint density at radius 1 is 1.15 bits per heavy atom. The smallest absolute Gasteiger partial charge is 0.251 e. The number of methoxy groups -OCH3 is 2. The number of benzene rings is 1. The van der Waals surface area contributed by atoms with Crippen LogP contribution in [0.25, 0.3) is 0 Å². The van der Waals surface area contributed by atoms with E-state index in [4.69, 9.17) is 9.47 Å². The van der Waals surface area contributed by atoms with E-state index in [-0.39, 0.29) is 11.4 Å². The van der Waals surface area contributed by atoms with Gasteiger partial charge in [0, 0.05) is 16.7 Å². The van der Waals surface area contributed by atoms with Crippen molar-refractivity contribution in [3.8, 4) is 11.5 Å². The van der Waals surface area contributed by atoms with Crippen LogP contribution in [-0.2, 0) is 0 Å². The van der Waals surface area contributed by atoms with Crippen molar-refractivity contribution in [2.75, 3.05) is 14.2 Å². The summed E-state index contributed by atoms with van der Waals surface area (Å²) in [6.07, 6.45) is 1.77. The maximum absolute atomic E-state index is 12.4. The van der Waals surface area contributed by atoms with Crippen molar-refractivity contribution < 1.29 is 14.3 Å². The summed E-state index contributed by atoms with van der Waals surface area (Å²) in [6, 6.07) is 3.50. The molecule has 0 spiro atoms. The van der Waals surface area contributed by atoms with E-state index in [2.05, 4.69) is 19.2 Å². The Kier molecular flexibility index (Phi) is 5.43. The fraction of sp³-hybridized carbons (Fsp3) is 0.562. The van der Waals surface area contributed by atoms with Crippen molar-refractivity contribution in [3.63, 3.8) is 0 Å². The van der Waals surface area contributed by atoms with Gasteiger partial charge in [-0.15, -0.1) is 0 Å². The zero-order valence-corrected chi connectivity index (χ0v) is 13.3. The number of nitrogens with one attached hydrogen (secondary N) is 1. The summed E-state index contributed by atoms with van der Waals surface area (Å²) in [5, 5.41) is 3.08. The van der Waals surface area contributed by atoms with Crippen LogP contribution in [0.1, 0.15) is 49.5 Å². The van der Waals surface area contributed by atoms with Gasteiger partial charge in [-0.2, -0.15) is 0 Å². The Labute approximate surface area is 121 Å². The van der Waals surface area contributed by atoms with Crippen molar-refractivity contribution in [3.05, 3.63) is 23.3 Å². The molecule has 0 saturated heterocycles. The molecule has 0 radical (unpaired) electrons. The second-order valence-electron chi connectivity index (χ2n) is 5.23. The molecule has 0 aliphatic rings. The van der Waals surface area contributed by atoms with Gasteiger partial charge in [-0.25, -0.2) is 0 Å². The highest BCUT2D eigenvalue weighted by atomic mass is 16.5. The van der Waals surface area contributed by atoms with Crippen LogP contribution in [0.4, 0.5) is 0 Å². The highest BCUT2D eigenvalue weighted by molar-refractivity contribution is 5.95. The van der Waals surface area contributed by atoms with E-state index in [1.807, 2.05) is 13.8 Å². The van der Waals surface area contributed by atoms with Gasteiger partial charge in [0.15, 0.2) is 0 Å². The summed E-state index contributed by atoms with van der Waals surface area (Å²) in [4.78, 5) is 12.4. The SMILES string of the molecule is CCC(C)(CC)NC(=O)c1cc(OC)c(C)c(OC)c1. The molecule has 0 heterocycles. The lowest BCUT2D eigenvalue weighted by Crippen LogP contribution is -2.44. The van der Waals surface area contributed by atoms with Crippen molar-refractivity contribution in [2.24, 2.45) is 0 Å². The molecule has 4 nitrogen and oxygen atoms in total. The maximum Gasteiger partial charge on any atom is 0.251 e. The standard InChI is InChI=1S/C16H25NO3/c1-7-16(4,8-2)17-15(18)12-9-13(19-5)11(3)14(10-12)20-6/h9-10H,7-8H2,1-6H3,(H,17,18). The summed E-state index contributed by atoms with van der Waals surface area (Å²) in [7, 11) is 3.18. The van der Waals surface area contributed by atoms with E-state index >= 15 is 0 Å². The molecular formula is C16H25NO3. The van der Waals surface area contributed by atoms with E-state index in [9.17, 15) is 4.79 Å². The van der Waals surface area contributed by atoms with Crippen LogP contribution in [0, 0.1) is 6.92 Å². The zero-order valence-electron chi connectivity index (χ0n) is 13.3. The molecule has 0 unspecified atom stereocenters. The summed E-state index contributed by atoms with van der Waals surface area (Å²) >= 11 is 0.